The first-order valence-corrected chi connectivity index (χ1v) is 12.4. The van der Waals surface area contributed by atoms with Crippen molar-refractivity contribution in [3.05, 3.63) is 42.4 Å². The number of ether oxygens (including phenoxy) is 1. The molecule has 0 aliphatic rings. The highest BCUT2D eigenvalue weighted by molar-refractivity contribution is 7.91. The van der Waals surface area contributed by atoms with Crippen LogP contribution < -0.4 is 4.74 Å². The molecule has 0 saturated carbocycles. The summed E-state index contributed by atoms with van der Waals surface area (Å²) in [5.74, 6) is 0.955. The molecule has 1 atom stereocenters. The summed E-state index contributed by atoms with van der Waals surface area (Å²) >= 11 is 0. The van der Waals surface area contributed by atoms with E-state index in [1.807, 2.05) is 25.3 Å². The lowest BCUT2D eigenvalue weighted by Gasteiger charge is -2.20. The molecule has 0 aliphatic heterocycles. The molecule has 0 amide bonds. The van der Waals surface area contributed by atoms with Gasteiger partial charge in [-0.05, 0) is 37.6 Å². The van der Waals surface area contributed by atoms with Crippen LogP contribution in [0.5, 0.6) is 5.88 Å². The molecule has 6 nitrogen and oxygen atoms in total. The highest BCUT2D eigenvalue weighted by Crippen LogP contribution is 2.32. The molecular weight excluding hydrogens is 455 g/mol. The van der Waals surface area contributed by atoms with Crippen molar-refractivity contribution in [1.29, 1.82) is 0 Å². The molecule has 3 rings (SSSR count). The van der Waals surface area contributed by atoms with Gasteiger partial charge in [-0.2, -0.15) is 0 Å². The Kier molecular flexibility index (Phi) is 6.91. The molecule has 3 aromatic rings. The Labute approximate surface area is 189 Å². The molecular formula is C22H28F2N3O3PS. The van der Waals surface area contributed by atoms with Crippen LogP contribution >= 0.6 is 9.24 Å². The number of aromatic nitrogens is 3. The van der Waals surface area contributed by atoms with Gasteiger partial charge >= 0.3 is 0 Å². The fourth-order valence-corrected chi connectivity index (χ4v) is 4.96. The minimum absolute atomic E-state index is 0.0773. The maximum absolute atomic E-state index is 13.3. The predicted molar refractivity (Wildman–Crippen MR) is 123 cm³/mol. The van der Waals surface area contributed by atoms with Crippen molar-refractivity contribution in [3.8, 4) is 5.88 Å². The van der Waals surface area contributed by atoms with Crippen molar-refractivity contribution in [2.24, 2.45) is 0 Å². The number of alkyl halides is 2. The number of aryl methyl sites for hydroxylation is 1. The highest BCUT2D eigenvalue weighted by atomic mass is 32.2. The number of pyridine rings is 1. The molecule has 0 bridgehead atoms. The van der Waals surface area contributed by atoms with Crippen LogP contribution in [0, 0.1) is 0 Å². The van der Waals surface area contributed by atoms with E-state index in [1.165, 1.54) is 30.5 Å². The van der Waals surface area contributed by atoms with Crippen LogP contribution in [-0.2, 0) is 21.8 Å². The zero-order chi connectivity index (χ0) is 23.7. The summed E-state index contributed by atoms with van der Waals surface area (Å²) in [6.45, 7) is 8.48. The molecule has 0 N–H and O–H groups in total. The molecule has 0 saturated heterocycles. The van der Waals surface area contributed by atoms with Gasteiger partial charge in [-0.1, -0.05) is 30.0 Å². The van der Waals surface area contributed by atoms with E-state index < -0.39 is 15.5 Å². The molecule has 1 unspecified atom stereocenters. The van der Waals surface area contributed by atoms with Gasteiger partial charge in [-0.15, -0.1) is 0 Å². The van der Waals surface area contributed by atoms with E-state index in [2.05, 4.69) is 9.97 Å². The van der Waals surface area contributed by atoms with Crippen LogP contribution in [0.1, 0.15) is 46.4 Å². The Morgan fingerprint density at radius 1 is 1.12 bits per heavy atom. The van der Waals surface area contributed by atoms with E-state index in [-0.39, 0.29) is 33.9 Å². The normalized spacial score (nSPS) is 13.0. The van der Waals surface area contributed by atoms with Crippen molar-refractivity contribution in [2.45, 2.75) is 68.0 Å². The largest absolute Gasteiger partial charge is 0.478 e. The van der Waals surface area contributed by atoms with Gasteiger partial charge < -0.3 is 9.30 Å². The lowest BCUT2D eigenvalue weighted by molar-refractivity contribution is 0.0903. The van der Waals surface area contributed by atoms with Crippen molar-refractivity contribution < 1.29 is 21.9 Å². The number of sulfone groups is 1. The monoisotopic (exact) mass is 483 g/mol. The van der Waals surface area contributed by atoms with E-state index in [0.717, 1.165) is 5.82 Å². The number of rotatable bonds is 8. The van der Waals surface area contributed by atoms with E-state index in [4.69, 9.17) is 4.74 Å². The number of fused-ring (bicyclic) bond motifs is 1. The van der Waals surface area contributed by atoms with Crippen molar-refractivity contribution in [1.82, 2.24) is 14.5 Å². The third-order valence-electron chi connectivity index (χ3n) is 4.90. The lowest BCUT2D eigenvalue weighted by Crippen LogP contribution is -2.19. The first kappa shape index (κ1) is 24.5. The molecule has 2 heterocycles. The molecule has 2 aromatic heterocycles. The molecule has 0 aliphatic carbocycles. The molecule has 174 valence electrons. The smallest absolute Gasteiger partial charge is 0.259 e. The van der Waals surface area contributed by atoms with Crippen LogP contribution in [0.3, 0.4) is 0 Å². The zero-order valence-corrected chi connectivity index (χ0v) is 20.6. The van der Waals surface area contributed by atoms with Gasteiger partial charge in [0.15, 0.2) is 0 Å². The minimum atomic E-state index is -3.82. The molecule has 0 spiro atoms. The summed E-state index contributed by atoms with van der Waals surface area (Å²) in [5, 5.41) is 0. The summed E-state index contributed by atoms with van der Waals surface area (Å²) in [5.41, 5.74) is -1.94. The predicted octanol–water partition coefficient (Wildman–Crippen LogP) is 5.21. The first-order valence-electron chi connectivity index (χ1n) is 10.3. The van der Waals surface area contributed by atoms with E-state index in [0.29, 0.717) is 24.2 Å². The Balaban J connectivity index is 2.04. The lowest BCUT2D eigenvalue weighted by atomic mass is 9.95. The van der Waals surface area contributed by atoms with Gasteiger partial charge in [0.05, 0.1) is 27.4 Å². The maximum atomic E-state index is 13.3. The van der Waals surface area contributed by atoms with Gasteiger partial charge in [0.2, 0.25) is 15.7 Å². The molecule has 10 heteroatoms. The second-order valence-electron chi connectivity index (χ2n) is 8.62. The van der Waals surface area contributed by atoms with Gasteiger partial charge in [0.25, 0.3) is 5.66 Å². The standard InChI is InChI=1S/C22H28F2N3O3PS/c1-5-30-19-14-16(9-11-25-19)32(28,29)15-7-8-18-17(13-15)26-20(21(2,3)4)27(18)12-6-10-22(23,24)31/h7-9,11,13-14H,5-6,10,12,31H2,1-4H3. The van der Waals surface area contributed by atoms with Gasteiger partial charge in [-0.25, -0.2) is 27.2 Å². The molecule has 32 heavy (non-hydrogen) atoms. The molecule has 1 aromatic carbocycles. The van der Waals surface area contributed by atoms with Crippen LogP contribution in [-0.4, -0.2) is 35.2 Å². The number of imidazole rings is 1. The summed E-state index contributed by atoms with van der Waals surface area (Å²) in [6, 6.07) is 7.55. The highest BCUT2D eigenvalue weighted by Gasteiger charge is 2.26. The Morgan fingerprint density at radius 3 is 2.44 bits per heavy atom. The summed E-state index contributed by atoms with van der Waals surface area (Å²) < 4.78 is 60.2. The topological polar surface area (TPSA) is 74.1 Å². The van der Waals surface area contributed by atoms with Crippen LogP contribution in [0.25, 0.3) is 11.0 Å². The quantitative estimate of drug-likeness (QED) is 0.412. The van der Waals surface area contributed by atoms with Crippen LogP contribution in [0.15, 0.2) is 46.3 Å². The fourth-order valence-electron chi connectivity index (χ4n) is 3.47. The van der Waals surface area contributed by atoms with Crippen LogP contribution in [0.2, 0.25) is 0 Å². The minimum Gasteiger partial charge on any atom is -0.478 e. The maximum Gasteiger partial charge on any atom is 0.259 e. The first-order chi connectivity index (χ1) is 14.8. The third kappa shape index (κ3) is 5.44. The second kappa shape index (κ2) is 9.02. The van der Waals surface area contributed by atoms with Gasteiger partial charge in [0.1, 0.15) is 5.82 Å². The van der Waals surface area contributed by atoms with Crippen molar-refractivity contribution in [3.63, 3.8) is 0 Å². The fraction of sp³-hybridized carbons (Fsp3) is 0.455. The van der Waals surface area contributed by atoms with Gasteiger partial charge in [0, 0.05) is 30.6 Å². The number of nitrogens with zero attached hydrogens (tertiary/aromatic N) is 3. The third-order valence-corrected chi connectivity index (χ3v) is 6.94. The van der Waals surface area contributed by atoms with E-state index in [9.17, 15) is 17.2 Å². The van der Waals surface area contributed by atoms with Crippen LogP contribution in [0.4, 0.5) is 8.78 Å². The van der Waals surface area contributed by atoms with Gasteiger partial charge in [-0.3, -0.25) is 0 Å². The molecule has 0 radical (unpaired) electrons. The van der Waals surface area contributed by atoms with Crippen molar-refractivity contribution in [2.75, 3.05) is 6.61 Å². The summed E-state index contributed by atoms with van der Waals surface area (Å²) in [4.78, 5) is 8.87. The van der Waals surface area contributed by atoms with E-state index >= 15 is 0 Å². The average Bonchev–Trinajstić information content (AvgIpc) is 3.06. The molecule has 0 fully saturated rings. The second-order valence-corrected chi connectivity index (χ2v) is 11.4. The zero-order valence-electron chi connectivity index (χ0n) is 18.6. The average molecular weight is 484 g/mol. The van der Waals surface area contributed by atoms with E-state index in [1.54, 1.807) is 22.2 Å². The Hall–Kier alpha value is -2.12. The van der Waals surface area contributed by atoms with Crippen molar-refractivity contribution >= 4 is 30.1 Å². The number of benzene rings is 1. The SMILES string of the molecule is CCOc1cc(S(=O)(=O)c2ccc3c(c2)nc(C(C)(C)C)n3CCCC(F)(F)P)ccn1. The summed E-state index contributed by atoms with van der Waals surface area (Å²) in [6.07, 6.45) is 1.39. The Bertz CT molecular complexity index is 1220. The Morgan fingerprint density at radius 2 is 1.81 bits per heavy atom. The summed E-state index contributed by atoms with van der Waals surface area (Å²) in [7, 11) is -2.25. The number of halogens is 2. The number of hydrogen-bond acceptors (Lipinski definition) is 5. The number of hydrogen-bond donors (Lipinski definition) is 0.